The van der Waals surface area contributed by atoms with Gasteiger partial charge in [-0.1, -0.05) is 30.3 Å². The first kappa shape index (κ1) is 22.2. The molecule has 2 aromatic rings. The number of carbonyl (C=O) groups is 2. The zero-order valence-electron chi connectivity index (χ0n) is 17.4. The van der Waals surface area contributed by atoms with Crippen molar-refractivity contribution in [2.45, 2.75) is 50.7 Å². The van der Waals surface area contributed by atoms with Gasteiger partial charge in [-0.3, -0.25) is 0 Å². The molecule has 0 spiro atoms. The fraction of sp³-hybridized carbons (Fsp3) is 0.391. The van der Waals surface area contributed by atoms with Crippen LogP contribution in [0.1, 0.15) is 41.5 Å². The molecule has 0 aliphatic carbocycles. The topological polar surface area (TPSA) is 80.3 Å². The van der Waals surface area contributed by atoms with Gasteiger partial charge < -0.3 is 23.7 Å². The van der Waals surface area contributed by atoms with E-state index in [-0.39, 0.29) is 6.61 Å². The second-order valence-electron chi connectivity index (χ2n) is 8.07. The second-order valence-corrected chi connectivity index (χ2v) is 9.23. The van der Waals surface area contributed by atoms with Crippen molar-refractivity contribution in [3.63, 3.8) is 0 Å². The summed E-state index contributed by atoms with van der Waals surface area (Å²) in [6, 6.07) is 15.8. The summed E-state index contributed by atoms with van der Waals surface area (Å²) in [4.78, 5) is 25.4. The van der Waals surface area contributed by atoms with Gasteiger partial charge in [0.1, 0.15) is 12.7 Å². The van der Waals surface area contributed by atoms with Crippen LogP contribution >= 0.6 is 22.6 Å². The maximum Gasteiger partial charge on any atom is 0.339 e. The summed E-state index contributed by atoms with van der Waals surface area (Å²) in [6.07, 6.45) is -2.18. The van der Waals surface area contributed by atoms with Crippen LogP contribution < -0.4 is 0 Å². The molecule has 0 radical (unpaired) electrons. The summed E-state index contributed by atoms with van der Waals surface area (Å²) < 4.78 is 30.0. The second kappa shape index (κ2) is 8.50. The number of hydrogen-bond acceptors (Lipinski definition) is 7. The Labute approximate surface area is 194 Å². The van der Waals surface area contributed by atoms with Gasteiger partial charge in [0, 0.05) is 3.57 Å². The van der Waals surface area contributed by atoms with Crippen LogP contribution in [0.25, 0.3) is 0 Å². The van der Waals surface area contributed by atoms with Crippen molar-refractivity contribution in [3.05, 3.63) is 69.3 Å². The predicted molar refractivity (Wildman–Crippen MR) is 118 cm³/mol. The van der Waals surface area contributed by atoms with E-state index in [0.29, 0.717) is 11.1 Å². The zero-order valence-corrected chi connectivity index (χ0v) is 19.5. The van der Waals surface area contributed by atoms with Crippen molar-refractivity contribution in [1.29, 1.82) is 0 Å². The number of fused-ring (bicyclic) bond motifs is 1. The first-order valence-electron chi connectivity index (χ1n) is 9.91. The Hall–Kier alpha value is -2.01. The van der Waals surface area contributed by atoms with Crippen molar-refractivity contribution in [2.24, 2.45) is 0 Å². The molecule has 2 aromatic carbocycles. The molecule has 2 saturated heterocycles. The molecular formula is C23H23IO7. The lowest BCUT2D eigenvalue weighted by Gasteiger charge is -2.34. The van der Waals surface area contributed by atoms with Crippen LogP contribution in [0.5, 0.6) is 0 Å². The van der Waals surface area contributed by atoms with Gasteiger partial charge in [0.05, 0.1) is 11.1 Å². The molecule has 0 amide bonds. The molecule has 4 rings (SSSR count). The van der Waals surface area contributed by atoms with Gasteiger partial charge in [0.2, 0.25) is 0 Å². The normalized spacial score (nSPS) is 28.7. The highest BCUT2D eigenvalue weighted by Gasteiger charge is 2.64. The van der Waals surface area contributed by atoms with E-state index in [1.54, 1.807) is 57.2 Å². The Morgan fingerprint density at radius 3 is 2.35 bits per heavy atom. The van der Waals surface area contributed by atoms with E-state index in [0.717, 1.165) is 3.57 Å². The SMILES string of the molecule is CC1(C)O[C@@H]2O[C@@H](COC(=O)c3ccccc3I)C(C)(OC(=O)c3ccccc3)[C@H]2O1. The Kier molecular flexibility index (Phi) is 6.08. The van der Waals surface area contributed by atoms with Gasteiger partial charge in [0.15, 0.2) is 23.8 Å². The Morgan fingerprint density at radius 2 is 1.65 bits per heavy atom. The number of halogens is 1. The number of ether oxygens (including phenoxy) is 5. The average molecular weight is 538 g/mol. The van der Waals surface area contributed by atoms with Crippen LogP contribution in [-0.4, -0.2) is 48.4 Å². The zero-order chi connectivity index (χ0) is 22.2. The van der Waals surface area contributed by atoms with Gasteiger partial charge in [-0.2, -0.15) is 0 Å². The maximum absolute atomic E-state index is 12.8. The number of benzene rings is 2. The molecule has 2 heterocycles. The van der Waals surface area contributed by atoms with E-state index in [2.05, 4.69) is 22.6 Å². The molecule has 31 heavy (non-hydrogen) atoms. The van der Waals surface area contributed by atoms with E-state index in [4.69, 9.17) is 23.7 Å². The van der Waals surface area contributed by atoms with Gasteiger partial charge in [0.25, 0.3) is 0 Å². The molecule has 4 atom stereocenters. The molecule has 2 fully saturated rings. The molecule has 0 aromatic heterocycles. The minimum Gasteiger partial charge on any atom is -0.459 e. The minimum absolute atomic E-state index is 0.122. The summed E-state index contributed by atoms with van der Waals surface area (Å²) in [5.74, 6) is -1.89. The molecule has 7 nitrogen and oxygen atoms in total. The highest BCUT2D eigenvalue weighted by molar-refractivity contribution is 14.1. The highest BCUT2D eigenvalue weighted by atomic mass is 127. The number of rotatable bonds is 5. The van der Waals surface area contributed by atoms with Crippen molar-refractivity contribution in [3.8, 4) is 0 Å². The molecule has 2 aliphatic rings. The molecule has 1 unspecified atom stereocenters. The predicted octanol–water partition coefficient (Wildman–Crippen LogP) is 3.94. The van der Waals surface area contributed by atoms with Crippen molar-refractivity contribution in [1.82, 2.24) is 0 Å². The van der Waals surface area contributed by atoms with Gasteiger partial charge in [-0.05, 0) is 67.6 Å². The Morgan fingerprint density at radius 1 is 0.968 bits per heavy atom. The molecule has 0 bridgehead atoms. The fourth-order valence-electron chi connectivity index (χ4n) is 3.71. The first-order valence-corrected chi connectivity index (χ1v) is 11.0. The monoisotopic (exact) mass is 538 g/mol. The highest BCUT2D eigenvalue weighted by Crippen LogP contribution is 2.45. The molecule has 0 N–H and O–H groups in total. The molecule has 8 heteroatoms. The summed E-state index contributed by atoms with van der Waals surface area (Å²) in [5, 5.41) is 0. The minimum atomic E-state index is -1.23. The van der Waals surface area contributed by atoms with Gasteiger partial charge >= 0.3 is 11.9 Å². The van der Waals surface area contributed by atoms with E-state index >= 15 is 0 Å². The Balaban J connectivity index is 1.53. The summed E-state index contributed by atoms with van der Waals surface area (Å²) >= 11 is 2.08. The number of carbonyl (C=O) groups excluding carboxylic acids is 2. The van der Waals surface area contributed by atoms with Crippen molar-refractivity contribution in [2.75, 3.05) is 6.61 Å². The van der Waals surface area contributed by atoms with Crippen LogP contribution in [0.15, 0.2) is 54.6 Å². The molecule has 2 aliphatic heterocycles. The third-order valence-corrected chi connectivity index (χ3v) is 6.28. The van der Waals surface area contributed by atoms with Crippen LogP contribution in [0, 0.1) is 3.57 Å². The lowest BCUT2D eigenvalue weighted by molar-refractivity contribution is -0.230. The third kappa shape index (κ3) is 4.48. The first-order chi connectivity index (χ1) is 14.7. The third-order valence-electron chi connectivity index (χ3n) is 5.34. The smallest absolute Gasteiger partial charge is 0.339 e. The largest absolute Gasteiger partial charge is 0.459 e. The molecule has 0 saturated carbocycles. The van der Waals surface area contributed by atoms with Crippen LogP contribution in [0.3, 0.4) is 0 Å². The Bertz CT molecular complexity index is 977. The maximum atomic E-state index is 12.8. The lowest BCUT2D eigenvalue weighted by atomic mass is 9.94. The summed E-state index contributed by atoms with van der Waals surface area (Å²) in [5.41, 5.74) is -0.368. The van der Waals surface area contributed by atoms with E-state index < -0.39 is 41.8 Å². The van der Waals surface area contributed by atoms with E-state index in [1.165, 1.54) is 0 Å². The average Bonchev–Trinajstić information content (AvgIpc) is 3.17. The summed E-state index contributed by atoms with van der Waals surface area (Å²) in [7, 11) is 0. The van der Waals surface area contributed by atoms with Crippen molar-refractivity contribution >= 4 is 34.5 Å². The summed E-state index contributed by atoms with van der Waals surface area (Å²) in [6.45, 7) is 5.12. The fourth-order valence-corrected chi connectivity index (χ4v) is 4.32. The van der Waals surface area contributed by atoms with E-state index in [9.17, 15) is 9.59 Å². The van der Waals surface area contributed by atoms with Crippen LogP contribution in [-0.2, 0) is 23.7 Å². The number of hydrogen-bond donors (Lipinski definition) is 0. The van der Waals surface area contributed by atoms with Gasteiger partial charge in [-0.25, -0.2) is 9.59 Å². The van der Waals surface area contributed by atoms with Gasteiger partial charge in [-0.15, -0.1) is 0 Å². The quantitative estimate of drug-likeness (QED) is 0.422. The van der Waals surface area contributed by atoms with Crippen molar-refractivity contribution < 1.29 is 33.3 Å². The molecule has 164 valence electrons. The van der Waals surface area contributed by atoms with Crippen LogP contribution in [0.4, 0.5) is 0 Å². The van der Waals surface area contributed by atoms with Crippen LogP contribution in [0.2, 0.25) is 0 Å². The lowest BCUT2D eigenvalue weighted by Crippen LogP contribution is -2.51. The standard InChI is InChI=1S/C23H23IO7/c1-22(2)29-18-21(31-22)28-17(13-27-20(26)15-11-7-8-12-16(15)24)23(18,3)30-19(25)14-9-5-4-6-10-14/h4-12,17-18,21H,13H2,1-3H3/t17-,18-,21-,23?/m0/s1. The number of esters is 2. The van der Waals surface area contributed by atoms with E-state index in [1.807, 2.05) is 18.2 Å². The molecular weight excluding hydrogens is 515 g/mol.